The second kappa shape index (κ2) is 8.56. The van der Waals surface area contributed by atoms with E-state index in [0.717, 1.165) is 36.7 Å². The van der Waals surface area contributed by atoms with E-state index < -0.39 is 24.4 Å². The number of hydrogen-bond donors (Lipinski definition) is 2. The van der Waals surface area contributed by atoms with Crippen LogP contribution < -0.4 is 5.32 Å². The number of aryl methyl sites for hydroxylation is 1. The first-order valence-corrected chi connectivity index (χ1v) is 11.8. The first-order valence-electron chi connectivity index (χ1n) is 11.8. The van der Waals surface area contributed by atoms with E-state index in [0.29, 0.717) is 24.9 Å². The molecule has 1 aliphatic carbocycles. The molecule has 3 fully saturated rings. The highest BCUT2D eigenvalue weighted by atomic mass is 19.3. The smallest absolute Gasteiger partial charge is 0.242 e. The third kappa shape index (κ3) is 4.24. The van der Waals surface area contributed by atoms with Crippen LogP contribution in [0.15, 0.2) is 24.4 Å². The number of carbonyl (C=O) groups is 1. The van der Waals surface area contributed by atoms with Crippen LogP contribution in [0.5, 0.6) is 0 Å². The molecule has 0 bridgehead atoms. The van der Waals surface area contributed by atoms with Crippen molar-refractivity contribution in [3.8, 4) is 0 Å². The van der Waals surface area contributed by atoms with Gasteiger partial charge in [0.25, 0.3) is 0 Å². The number of aliphatic hydroxyl groups is 1. The fourth-order valence-electron chi connectivity index (χ4n) is 5.50. The highest BCUT2D eigenvalue weighted by Gasteiger charge is 2.49. The number of piperidine rings is 1. The minimum Gasteiger partial charge on any atom is -0.389 e. The normalized spacial score (nSPS) is 30.8. The van der Waals surface area contributed by atoms with Gasteiger partial charge in [0.1, 0.15) is 5.82 Å². The lowest BCUT2D eigenvalue weighted by molar-refractivity contribution is -0.118. The molecule has 2 N–H and O–H groups in total. The molecule has 3 heterocycles. The van der Waals surface area contributed by atoms with Gasteiger partial charge < -0.3 is 15.2 Å². The Hall–Kier alpha value is -2.16. The van der Waals surface area contributed by atoms with Gasteiger partial charge >= 0.3 is 0 Å². The largest absolute Gasteiger partial charge is 0.389 e. The topological polar surface area (TPSA) is 74.7 Å². The van der Waals surface area contributed by atoms with Crippen LogP contribution in [0.3, 0.4) is 0 Å². The summed E-state index contributed by atoms with van der Waals surface area (Å²) in [6, 6.07) is 6.13. The van der Waals surface area contributed by atoms with Crippen LogP contribution in [-0.4, -0.2) is 65.3 Å². The van der Waals surface area contributed by atoms with E-state index >= 15 is 0 Å². The van der Waals surface area contributed by atoms with Crippen molar-refractivity contribution in [1.82, 2.24) is 9.88 Å². The van der Waals surface area contributed by atoms with Crippen molar-refractivity contribution in [2.24, 2.45) is 11.8 Å². The van der Waals surface area contributed by atoms with Gasteiger partial charge in [-0.1, -0.05) is 6.07 Å². The van der Waals surface area contributed by atoms with E-state index in [1.807, 2.05) is 6.07 Å². The third-order valence-corrected chi connectivity index (χ3v) is 7.90. The summed E-state index contributed by atoms with van der Waals surface area (Å²) in [6.07, 6.45) is 1.06. The first kappa shape index (κ1) is 22.6. The summed E-state index contributed by atoms with van der Waals surface area (Å²) < 4.78 is 31.1. The number of fused-ring (bicyclic) bond motifs is 1. The molecule has 6 nitrogen and oxygen atoms in total. The van der Waals surface area contributed by atoms with Crippen LogP contribution >= 0.6 is 0 Å². The summed E-state index contributed by atoms with van der Waals surface area (Å²) in [5.74, 6) is -1.01. The fraction of sp³-hybridized carbons (Fsp3) is 0.600. The van der Waals surface area contributed by atoms with Crippen LogP contribution in [0.1, 0.15) is 43.2 Å². The predicted molar refractivity (Wildman–Crippen MR) is 121 cm³/mol. The highest BCUT2D eigenvalue weighted by Crippen LogP contribution is 2.44. The maximum Gasteiger partial charge on any atom is 0.242 e. The number of ether oxygens (including phenoxy) is 1. The van der Waals surface area contributed by atoms with Gasteiger partial charge in [-0.3, -0.25) is 9.69 Å². The summed E-state index contributed by atoms with van der Waals surface area (Å²) in [5, 5.41) is 15.1. The maximum absolute atomic E-state index is 12.8. The summed E-state index contributed by atoms with van der Waals surface area (Å²) >= 11 is 0. The lowest BCUT2D eigenvalue weighted by Crippen LogP contribution is -2.56. The SMILES string of the molecule is Cc1cc2cnc(NC(=O)[C@@H]3C[C@H]3C(F)F)cc2cc1C1CCN([C@@]2(C)COC[C@H]2O)CC1. The summed E-state index contributed by atoms with van der Waals surface area (Å²) in [5.41, 5.74) is 2.19. The molecule has 1 saturated carbocycles. The Bertz CT molecular complexity index is 1060. The molecule has 0 spiro atoms. The molecule has 0 unspecified atom stereocenters. The van der Waals surface area contributed by atoms with Gasteiger partial charge in [-0.25, -0.2) is 13.8 Å². The average Bonchev–Trinajstić information content (AvgIpc) is 3.54. The quantitative estimate of drug-likeness (QED) is 0.713. The number of halogens is 2. The average molecular weight is 460 g/mol. The summed E-state index contributed by atoms with van der Waals surface area (Å²) in [6.45, 7) is 6.97. The zero-order valence-corrected chi connectivity index (χ0v) is 19.1. The van der Waals surface area contributed by atoms with Crippen molar-refractivity contribution in [3.63, 3.8) is 0 Å². The van der Waals surface area contributed by atoms with E-state index in [4.69, 9.17) is 4.74 Å². The molecule has 33 heavy (non-hydrogen) atoms. The molecule has 4 atom stereocenters. The second-order valence-electron chi connectivity index (χ2n) is 10.1. The Morgan fingerprint density at radius 2 is 2.03 bits per heavy atom. The number of rotatable bonds is 5. The van der Waals surface area contributed by atoms with Gasteiger partial charge in [0.15, 0.2) is 0 Å². The molecule has 2 saturated heterocycles. The molecule has 3 aliphatic rings. The number of aromatic nitrogens is 1. The standard InChI is InChI=1S/C25H31F2N3O3/c1-14-7-17-11-28-22(29-24(32)20-10-19(20)23(26)27)9-16(17)8-18(14)15-3-5-30(6-4-15)25(2)13-33-12-21(25)31/h7-9,11,15,19-21,23,31H,3-6,10,12-13H2,1-2H3,(H,28,29,32)/t19-,20-,21-,25+/m1/s1. The predicted octanol–water partition coefficient (Wildman–Crippen LogP) is 3.71. The number of nitrogens with one attached hydrogen (secondary N) is 1. The number of carbonyl (C=O) groups excluding carboxylic acids is 1. The van der Waals surface area contributed by atoms with Crippen molar-refractivity contribution in [2.75, 3.05) is 31.6 Å². The Labute approximate surface area is 192 Å². The van der Waals surface area contributed by atoms with Gasteiger partial charge in [-0.15, -0.1) is 0 Å². The maximum atomic E-state index is 12.8. The van der Waals surface area contributed by atoms with Crippen molar-refractivity contribution in [2.45, 2.75) is 57.1 Å². The van der Waals surface area contributed by atoms with Crippen LogP contribution in [0, 0.1) is 18.8 Å². The van der Waals surface area contributed by atoms with Crippen LogP contribution in [0.25, 0.3) is 10.8 Å². The second-order valence-corrected chi connectivity index (χ2v) is 10.1. The van der Waals surface area contributed by atoms with Crippen LogP contribution in [0.4, 0.5) is 14.6 Å². The molecular weight excluding hydrogens is 428 g/mol. The number of alkyl halides is 2. The molecule has 8 heteroatoms. The van der Waals surface area contributed by atoms with E-state index in [-0.39, 0.29) is 17.9 Å². The Kier molecular flexibility index (Phi) is 5.87. The molecular formula is C25H31F2N3O3. The Morgan fingerprint density at radius 3 is 2.67 bits per heavy atom. The number of aliphatic hydroxyl groups excluding tert-OH is 1. The van der Waals surface area contributed by atoms with Gasteiger partial charge in [0, 0.05) is 23.4 Å². The van der Waals surface area contributed by atoms with E-state index in [1.165, 1.54) is 11.1 Å². The Balaban J connectivity index is 1.30. The van der Waals surface area contributed by atoms with E-state index in [9.17, 15) is 18.7 Å². The van der Waals surface area contributed by atoms with Crippen molar-refractivity contribution < 1.29 is 23.4 Å². The molecule has 0 radical (unpaired) electrons. The zero-order chi connectivity index (χ0) is 23.3. The lowest BCUT2D eigenvalue weighted by atomic mass is 9.83. The minimum absolute atomic E-state index is 0.237. The van der Waals surface area contributed by atoms with Crippen LogP contribution in [0.2, 0.25) is 0 Å². The number of amides is 1. The fourth-order valence-corrected chi connectivity index (χ4v) is 5.50. The lowest BCUT2D eigenvalue weighted by Gasteiger charge is -2.44. The summed E-state index contributed by atoms with van der Waals surface area (Å²) in [4.78, 5) is 18.9. The molecule has 2 aliphatic heterocycles. The highest BCUT2D eigenvalue weighted by molar-refractivity contribution is 5.95. The zero-order valence-electron chi connectivity index (χ0n) is 19.1. The third-order valence-electron chi connectivity index (χ3n) is 7.90. The first-order chi connectivity index (χ1) is 15.8. The number of anilines is 1. The monoisotopic (exact) mass is 459 g/mol. The van der Waals surface area contributed by atoms with Crippen molar-refractivity contribution in [1.29, 1.82) is 0 Å². The van der Waals surface area contributed by atoms with Gasteiger partial charge in [-0.2, -0.15) is 0 Å². The molecule has 1 aromatic carbocycles. The van der Waals surface area contributed by atoms with E-state index in [2.05, 4.69) is 41.2 Å². The molecule has 1 aromatic heterocycles. The number of pyridine rings is 1. The number of benzene rings is 1. The Morgan fingerprint density at radius 1 is 1.27 bits per heavy atom. The van der Waals surface area contributed by atoms with Gasteiger partial charge in [-0.05, 0) is 80.8 Å². The molecule has 5 rings (SSSR count). The molecule has 2 aromatic rings. The van der Waals surface area contributed by atoms with Crippen LogP contribution in [-0.2, 0) is 9.53 Å². The van der Waals surface area contributed by atoms with Crippen molar-refractivity contribution in [3.05, 3.63) is 35.5 Å². The number of nitrogens with zero attached hydrogens (tertiary/aromatic N) is 2. The summed E-state index contributed by atoms with van der Waals surface area (Å²) in [7, 11) is 0. The van der Waals surface area contributed by atoms with Gasteiger partial charge in [0.05, 0.1) is 24.9 Å². The molecule has 1 amide bonds. The van der Waals surface area contributed by atoms with E-state index in [1.54, 1.807) is 6.20 Å². The number of likely N-dealkylation sites (tertiary alicyclic amines) is 1. The molecule has 178 valence electrons. The number of hydrogen-bond acceptors (Lipinski definition) is 5. The van der Waals surface area contributed by atoms with Gasteiger partial charge in [0.2, 0.25) is 12.3 Å². The van der Waals surface area contributed by atoms with Crippen molar-refractivity contribution >= 4 is 22.5 Å². The minimum atomic E-state index is -2.45.